The van der Waals surface area contributed by atoms with E-state index in [1.54, 1.807) is 14.2 Å². The normalized spacial score (nSPS) is 10.2. The highest BCUT2D eigenvalue weighted by Crippen LogP contribution is 2.16. The number of hydrogen-bond acceptors (Lipinski definition) is 3. The number of anilines is 1. The summed E-state index contributed by atoms with van der Waals surface area (Å²) in [6.07, 6.45) is 0. The first-order valence-electron chi connectivity index (χ1n) is 6.26. The smallest absolute Gasteiger partial charge is 0.119 e. The molecule has 3 nitrogen and oxygen atoms in total. The lowest BCUT2D eigenvalue weighted by Gasteiger charge is -2.08. The number of rotatable bonds is 6. The summed E-state index contributed by atoms with van der Waals surface area (Å²) in [5.74, 6) is 0.868. The highest BCUT2D eigenvalue weighted by molar-refractivity contribution is 5.46. The summed E-state index contributed by atoms with van der Waals surface area (Å²) >= 11 is 0. The van der Waals surface area contributed by atoms with Gasteiger partial charge < -0.3 is 14.8 Å². The molecule has 0 heterocycles. The summed E-state index contributed by atoms with van der Waals surface area (Å²) in [7, 11) is 3.38. The first-order valence-corrected chi connectivity index (χ1v) is 6.26. The Morgan fingerprint density at radius 2 is 1.68 bits per heavy atom. The maximum Gasteiger partial charge on any atom is 0.119 e. The van der Waals surface area contributed by atoms with Gasteiger partial charge in [0, 0.05) is 19.3 Å². The van der Waals surface area contributed by atoms with E-state index >= 15 is 0 Å². The highest BCUT2D eigenvalue weighted by atomic mass is 16.5. The van der Waals surface area contributed by atoms with Crippen LogP contribution in [0.15, 0.2) is 48.5 Å². The molecular formula is C16H19NO2. The van der Waals surface area contributed by atoms with Gasteiger partial charge in [0.15, 0.2) is 0 Å². The molecule has 19 heavy (non-hydrogen) atoms. The molecule has 100 valence electrons. The van der Waals surface area contributed by atoms with Crippen molar-refractivity contribution in [2.75, 3.05) is 19.5 Å². The minimum absolute atomic E-state index is 0.649. The topological polar surface area (TPSA) is 30.5 Å². The molecule has 1 N–H and O–H groups in total. The molecule has 0 radical (unpaired) electrons. The van der Waals surface area contributed by atoms with Gasteiger partial charge in [-0.15, -0.1) is 0 Å². The largest absolute Gasteiger partial charge is 0.497 e. The quantitative estimate of drug-likeness (QED) is 0.859. The molecule has 2 aromatic rings. The van der Waals surface area contributed by atoms with E-state index < -0.39 is 0 Å². The van der Waals surface area contributed by atoms with E-state index in [-0.39, 0.29) is 0 Å². The molecule has 0 aliphatic carbocycles. The lowest BCUT2D eigenvalue weighted by atomic mass is 10.1. The van der Waals surface area contributed by atoms with Gasteiger partial charge in [0.05, 0.1) is 13.7 Å². The van der Waals surface area contributed by atoms with Crippen molar-refractivity contribution in [1.29, 1.82) is 0 Å². The van der Waals surface area contributed by atoms with Crippen LogP contribution >= 0.6 is 0 Å². The maximum atomic E-state index is 5.14. The molecule has 0 fully saturated rings. The van der Waals surface area contributed by atoms with Crippen molar-refractivity contribution in [1.82, 2.24) is 0 Å². The number of benzene rings is 2. The molecule has 0 saturated carbocycles. The third kappa shape index (κ3) is 4.00. The molecule has 0 aliphatic heterocycles. The Bertz CT molecular complexity index is 508. The zero-order valence-corrected chi connectivity index (χ0v) is 11.3. The van der Waals surface area contributed by atoms with E-state index in [0.717, 1.165) is 18.0 Å². The summed E-state index contributed by atoms with van der Waals surface area (Å²) in [5, 5.41) is 3.39. The van der Waals surface area contributed by atoms with E-state index in [0.29, 0.717) is 6.61 Å². The lowest BCUT2D eigenvalue weighted by Crippen LogP contribution is -2.00. The van der Waals surface area contributed by atoms with Crippen LogP contribution in [-0.2, 0) is 17.9 Å². The predicted molar refractivity (Wildman–Crippen MR) is 77.5 cm³/mol. The first-order chi connectivity index (χ1) is 9.31. The van der Waals surface area contributed by atoms with Gasteiger partial charge in [-0.05, 0) is 35.4 Å². The van der Waals surface area contributed by atoms with Crippen LogP contribution < -0.4 is 10.1 Å². The fourth-order valence-corrected chi connectivity index (χ4v) is 1.91. The van der Waals surface area contributed by atoms with Gasteiger partial charge in [-0.3, -0.25) is 0 Å². The summed E-state index contributed by atoms with van der Waals surface area (Å²) in [5.41, 5.74) is 3.51. The second-order valence-electron chi connectivity index (χ2n) is 4.34. The van der Waals surface area contributed by atoms with Crippen LogP contribution in [0.1, 0.15) is 11.1 Å². The molecular weight excluding hydrogens is 238 g/mol. The second-order valence-corrected chi connectivity index (χ2v) is 4.34. The second kappa shape index (κ2) is 6.81. The first kappa shape index (κ1) is 13.4. The van der Waals surface area contributed by atoms with Gasteiger partial charge in [-0.1, -0.05) is 24.3 Å². The van der Waals surface area contributed by atoms with Crippen LogP contribution in [0, 0.1) is 0 Å². The van der Waals surface area contributed by atoms with Gasteiger partial charge >= 0.3 is 0 Å². The minimum atomic E-state index is 0.649. The van der Waals surface area contributed by atoms with Crippen LogP contribution in [0.5, 0.6) is 5.75 Å². The standard InChI is InChI=1S/C16H19NO2/c1-18-12-14-5-3-4-13(10-14)11-17-15-6-8-16(19-2)9-7-15/h3-10,17H,11-12H2,1-2H3. The summed E-state index contributed by atoms with van der Waals surface area (Å²) in [4.78, 5) is 0. The van der Waals surface area contributed by atoms with Crippen molar-refractivity contribution in [3.63, 3.8) is 0 Å². The Kier molecular flexibility index (Phi) is 4.81. The molecule has 2 rings (SSSR count). The number of methoxy groups -OCH3 is 2. The molecule has 3 heteroatoms. The van der Waals surface area contributed by atoms with Gasteiger partial charge in [0.2, 0.25) is 0 Å². The van der Waals surface area contributed by atoms with Crippen molar-refractivity contribution in [2.45, 2.75) is 13.2 Å². The molecule has 2 aromatic carbocycles. The molecule has 0 aromatic heterocycles. The molecule has 0 unspecified atom stereocenters. The van der Waals surface area contributed by atoms with E-state index in [4.69, 9.17) is 9.47 Å². The molecule has 0 aliphatic rings. The van der Waals surface area contributed by atoms with Gasteiger partial charge in [0.1, 0.15) is 5.75 Å². The van der Waals surface area contributed by atoms with Crippen LogP contribution in [0.3, 0.4) is 0 Å². The van der Waals surface area contributed by atoms with E-state index in [1.807, 2.05) is 24.3 Å². The van der Waals surface area contributed by atoms with E-state index in [9.17, 15) is 0 Å². The predicted octanol–water partition coefficient (Wildman–Crippen LogP) is 3.45. The maximum absolute atomic E-state index is 5.14. The van der Waals surface area contributed by atoms with Crippen molar-refractivity contribution in [3.05, 3.63) is 59.7 Å². The van der Waals surface area contributed by atoms with E-state index in [1.165, 1.54) is 11.1 Å². The van der Waals surface area contributed by atoms with Gasteiger partial charge in [-0.25, -0.2) is 0 Å². The Morgan fingerprint density at radius 1 is 0.947 bits per heavy atom. The Hall–Kier alpha value is -2.00. The molecule has 0 saturated heterocycles. The average molecular weight is 257 g/mol. The molecule has 0 atom stereocenters. The number of nitrogens with one attached hydrogen (secondary N) is 1. The zero-order valence-electron chi connectivity index (χ0n) is 11.3. The Morgan fingerprint density at radius 3 is 2.37 bits per heavy atom. The SMILES string of the molecule is COCc1cccc(CNc2ccc(OC)cc2)c1. The minimum Gasteiger partial charge on any atom is -0.497 e. The zero-order chi connectivity index (χ0) is 13.5. The third-order valence-corrected chi connectivity index (χ3v) is 2.89. The Balaban J connectivity index is 1.95. The van der Waals surface area contributed by atoms with Crippen molar-refractivity contribution >= 4 is 5.69 Å². The van der Waals surface area contributed by atoms with E-state index in [2.05, 4.69) is 29.6 Å². The summed E-state index contributed by atoms with van der Waals surface area (Å²) < 4.78 is 10.3. The average Bonchev–Trinajstić information content (AvgIpc) is 2.46. The lowest BCUT2D eigenvalue weighted by molar-refractivity contribution is 0.185. The Labute approximate surface area is 114 Å². The highest BCUT2D eigenvalue weighted by Gasteiger charge is 1.97. The fraction of sp³-hybridized carbons (Fsp3) is 0.250. The van der Waals surface area contributed by atoms with Crippen LogP contribution in [-0.4, -0.2) is 14.2 Å². The summed E-state index contributed by atoms with van der Waals surface area (Å²) in [6.45, 7) is 1.44. The molecule has 0 bridgehead atoms. The molecule has 0 spiro atoms. The van der Waals surface area contributed by atoms with Crippen molar-refractivity contribution < 1.29 is 9.47 Å². The monoisotopic (exact) mass is 257 g/mol. The van der Waals surface area contributed by atoms with Crippen LogP contribution in [0.25, 0.3) is 0 Å². The van der Waals surface area contributed by atoms with Crippen LogP contribution in [0.4, 0.5) is 5.69 Å². The van der Waals surface area contributed by atoms with Crippen molar-refractivity contribution in [2.24, 2.45) is 0 Å². The van der Waals surface area contributed by atoms with Gasteiger partial charge in [0.25, 0.3) is 0 Å². The fourth-order valence-electron chi connectivity index (χ4n) is 1.91. The van der Waals surface area contributed by atoms with Crippen molar-refractivity contribution in [3.8, 4) is 5.75 Å². The number of hydrogen-bond donors (Lipinski definition) is 1. The van der Waals surface area contributed by atoms with Gasteiger partial charge in [-0.2, -0.15) is 0 Å². The third-order valence-electron chi connectivity index (χ3n) is 2.89. The molecule has 0 amide bonds. The summed E-state index contributed by atoms with van der Waals surface area (Å²) in [6, 6.07) is 16.3. The van der Waals surface area contributed by atoms with Crippen LogP contribution in [0.2, 0.25) is 0 Å². The number of ether oxygens (including phenoxy) is 2.